The number of nitrogens with zero attached hydrogens (tertiary/aromatic N) is 2. The standard InChI is InChI=1S/C21H27N3O2.HI/c1-2-13-22-21(23-14-10-18-9-6-17-25-18)24-15-11-20(12-16-24)26-19-7-4-3-5-8-19;/h2-9,17,20H,1,10-16H2,(H,22,23);1H. The van der Waals surface area contributed by atoms with Crippen molar-refractivity contribution in [1.82, 2.24) is 10.2 Å². The van der Waals surface area contributed by atoms with E-state index in [4.69, 9.17) is 14.1 Å². The van der Waals surface area contributed by atoms with Crippen LogP contribution < -0.4 is 10.1 Å². The highest BCUT2D eigenvalue weighted by molar-refractivity contribution is 14.0. The van der Waals surface area contributed by atoms with Crippen LogP contribution in [-0.2, 0) is 6.42 Å². The second-order valence-corrected chi connectivity index (χ2v) is 6.32. The number of rotatable bonds is 7. The molecular weight excluding hydrogens is 453 g/mol. The first-order chi connectivity index (χ1) is 12.8. The molecule has 3 rings (SSSR count). The average molecular weight is 481 g/mol. The number of piperidine rings is 1. The second-order valence-electron chi connectivity index (χ2n) is 6.32. The lowest BCUT2D eigenvalue weighted by molar-refractivity contribution is 0.129. The van der Waals surface area contributed by atoms with E-state index in [1.165, 1.54) is 0 Å². The molecule has 1 N–H and O–H groups in total. The zero-order valence-corrected chi connectivity index (χ0v) is 17.9. The summed E-state index contributed by atoms with van der Waals surface area (Å²) in [6.07, 6.45) is 6.60. The molecule has 5 nitrogen and oxygen atoms in total. The fraction of sp³-hybridized carbons (Fsp3) is 0.381. The van der Waals surface area contributed by atoms with Crippen molar-refractivity contribution in [3.05, 3.63) is 67.1 Å². The molecule has 27 heavy (non-hydrogen) atoms. The van der Waals surface area contributed by atoms with E-state index < -0.39 is 0 Å². The van der Waals surface area contributed by atoms with Gasteiger partial charge < -0.3 is 19.4 Å². The van der Waals surface area contributed by atoms with Crippen LogP contribution in [0.1, 0.15) is 18.6 Å². The van der Waals surface area contributed by atoms with Crippen LogP contribution in [-0.4, -0.2) is 43.1 Å². The molecule has 2 aromatic rings. The quantitative estimate of drug-likeness (QED) is 0.280. The highest BCUT2D eigenvalue weighted by atomic mass is 127. The lowest BCUT2D eigenvalue weighted by atomic mass is 10.1. The Balaban J connectivity index is 0.00000261. The van der Waals surface area contributed by atoms with E-state index in [0.29, 0.717) is 13.1 Å². The molecule has 1 fully saturated rings. The summed E-state index contributed by atoms with van der Waals surface area (Å²) in [5.74, 6) is 2.85. The van der Waals surface area contributed by atoms with Gasteiger partial charge in [-0.25, -0.2) is 0 Å². The van der Waals surface area contributed by atoms with Crippen molar-refractivity contribution >= 4 is 29.9 Å². The molecule has 0 unspecified atom stereocenters. The van der Waals surface area contributed by atoms with Crippen LogP contribution >= 0.6 is 24.0 Å². The van der Waals surface area contributed by atoms with Crippen molar-refractivity contribution in [3.8, 4) is 5.75 Å². The van der Waals surface area contributed by atoms with Gasteiger partial charge in [-0.15, -0.1) is 30.6 Å². The van der Waals surface area contributed by atoms with Gasteiger partial charge in [-0.05, 0) is 24.3 Å². The maximum absolute atomic E-state index is 6.08. The molecule has 146 valence electrons. The van der Waals surface area contributed by atoms with E-state index in [1.54, 1.807) is 6.26 Å². The minimum Gasteiger partial charge on any atom is -0.490 e. The number of hydrogen-bond donors (Lipinski definition) is 1. The summed E-state index contributed by atoms with van der Waals surface area (Å²) in [6.45, 7) is 7.06. The summed E-state index contributed by atoms with van der Waals surface area (Å²) in [7, 11) is 0. The van der Waals surface area contributed by atoms with Crippen molar-refractivity contribution < 1.29 is 9.15 Å². The molecule has 0 radical (unpaired) electrons. The molecule has 1 saturated heterocycles. The fourth-order valence-corrected chi connectivity index (χ4v) is 3.03. The Kier molecular flexibility index (Phi) is 9.24. The summed E-state index contributed by atoms with van der Waals surface area (Å²) in [6, 6.07) is 13.9. The molecule has 0 atom stereocenters. The number of benzene rings is 1. The van der Waals surface area contributed by atoms with Gasteiger partial charge in [-0.3, -0.25) is 4.99 Å². The number of para-hydroxylation sites is 1. The molecular formula is C21H28IN3O2. The van der Waals surface area contributed by atoms with E-state index in [9.17, 15) is 0 Å². The first-order valence-electron chi connectivity index (χ1n) is 9.23. The molecule has 1 aromatic heterocycles. The molecule has 0 aliphatic carbocycles. The van der Waals surface area contributed by atoms with Gasteiger partial charge in [0.25, 0.3) is 0 Å². The Bertz CT molecular complexity index is 681. The predicted octanol–water partition coefficient (Wildman–Crippen LogP) is 4.12. The lowest BCUT2D eigenvalue weighted by Crippen LogP contribution is -2.47. The van der Waals surface area contributed by atoms with E-state index in [0.717, 1.165) is 49.8 Å². The van der Waals surface area contributed by atoms with Gasteiger partial charge in [0.2, 0.25) is 0 Å². The summed E-state index contributed by atoms with van der Waals surface area (Å²) < 4.78 is 11.5. The van der Waals surface area contributed by atoms with E-state index >= 15 is 0 Å². The smallest absolute Gasteiger partial charge is 0.194 e. The Morgan fingerprint density at radius 2 is 2.00 bits per heavy atom. The number of likely N-dealkylation sites (tertiary alicyclic amines) is 1. The number of hydrogen-bond acceptors (Lipinski definition) is 3. The average Bonchev–Trinajstić information content (AvgIpc) is 3.20. The highest BCUT2D eigenvalue weighted by Gasteiger charge is 2.22. The molecule has 0 spiro atoms. The first kappa shape index (κ1) is 21.3. The van der Waals surface area contributed by atoms with Crippen molar-refractivity contribution in [2.45, 2.75) is 25.4 Å². The van der Waals surface area contributed by atoms with Gasteiger partial charge >= 0.3 is 0 Å². The van der Waals surface area contributed by atoms with Gasteiger partial charge in [0.05, 0.1) is 6.26 Å². The predicted molar refractivity (Wildman–Crippen MR) is 120 cm³/mol. The molecule has 1 aromatic carbocycles. The molecule has 2 heterocycles. The van der Waals surface area contributed by atoms with Gasteiger partial charge in [0, 0.05) is 45.4 Å². The molecule has 0 amide bonds. The van der Waals surface area contributed by atoms with Crippen LogP contribution in [0.2, 0.25) is 0 Å². The van der Waals surface area contributed by atoms with Crippen LogP contribution in [0.4, 0.5) is 0 Å². The van der Waals surface area contributed by atoms with Crippen LogP contribution in [0.25, 0.3) is 0 Å². The minimum absolute atomic E-state index is 0. The van der Waals surface area contributed by atoms with Crippen molar-refractivity contribution in [2.75, 3.05) is 26.2 Å². The number of halogens is 1. The zero-order valence-electron chi connectivity index (χ0n) is 15.5. The summed E-state index contributed by atoms with van der Waals surface area (Å²) >= 11 is 0. The first-order valence-corrected chi connectivity index (χ1v) is 9.23. The van der Waals surface area contributed by atoms with Gasteiger partial charge in [-0.1, -0.05) is 24.3 Å². The maximum atomic E-state index is 6.08. The minimum atomic E-state index is 0. The topological polar surface area (TPSA) is 50.0 Å². The van der Waals surface area contributed by atoms with E-state index in [2.05, 4.69) is 16.8 Å². The molecule has 0 bridgehead atoms. The number of guanidine groups is 1. The second kappa shape index (κ2) is 11.7. The van der Waals surface area contributed by atoms with Crippen molar-refractivity contribution in [1.29, 1.82) is 0 Å². The normalized spacial score (nSPS) is 15.1. The monoisotopic (exact) mass is 481 g/mol. The van der Waals surface area contributed by atoms with Crippen LogP contribution in [0.3, 0.4) is 0 Å². The van der Waals surface area contributed by atoms with Gasteiger partial charge in [0.15, 0.2) is 5.96 Å². The van der Waals surface area contributed by atoms with Gasteiger partial charge in [-0.2, -0.15) is 0 Å². The Morgan fingerprint density at radius 1 is 1.22 bits per heavy atom. The molecule has 1 aliphatic heterocycles. The zero-order chi connectivity index (χ0) is 18.0. The number of aliphatic imine (C=N–C) groups is 1. The van der Waals surface area contributed by atoms with Crippen molar-refractivity contribution in [3.63, 3.8) is 0 Å². The van der Waals surface area contributed by atoms with Crippen molar-refractivity contribution in [2.24, 2.45) is 4.99 Å². The van der Waals surface area contributed by atoms with Crippen LogP contribution in [0, 0.1) is 0 Å². The summed E-state index contributed by atoms with van der Waals surface area (Å²) in [4.78, 5) is 7.05. The SMILES string of the molecule is C=CCNC(=NCCc1ccco1)N1CCC(Oc2ccccc2)CC1.I. The summed E-state index contributed by atoms with van der Waals surface area (Å²) in [5, 5.41) is 3.37. The van der Waals surface area contributed by atoms with Gasteiger partial charge in [0.1, 0.15) is 17.6 Å². The van der Waals surface area contributed by atoms with E-state index in [-0.39, 0.29) is 30.1 Å². The third kappa shape index (κ3) is 6.93. The molecule has 1 aliphatic rings. The Morgan fingerprint density at radius 3 is 2.67 bits per heavy atom. The third-order valence-electron chi connectivity index (χ3n) is 4.39. The Hall–Kier alpha value is -1.96. The number of nitrogens with one attached hydrogen (secondary N) is 1. The van der Waals surface area contributed by atoms with E-state index in [1.807, 2.05) is 48.5 Å². The van der Waals surface area contributed by atoms with Crippen LogP contribution in [0.5, 0.6) is 5.75 Å². The van der Waals surface area contributed by atoms with Crippen LogP contribution in [0.15, 0.2) is 70.8 Å². The number of furan rings is 1. The lowest BCUT2D eigenvalue weighted by Gasteiger charge is -2.34. The Labute approximate surface area is 178 Å². The molecule has 0 saturated carbocycles. The maximum Gasteiger partial charge on any atom is 0.194 e. The molecule has 6 heteroatoms. The highest BCUT2D eigenvalue weighted by Crippen LogP contribution is 2.18. The number of ether oxygens (including phenoxy) is 1. The fourth-order valence-electron chi connectivity index (χ4n) is 3.03. The summed E-state index contributed by atoms with van der Waals surface area (Å²) in [5.41, 5.74) is 0. The third-order valence-corrected chi connectivity index (χ3v) is 4.39. The largest absolute Gasteiger partial charge is 0.490 e.